The molecule has 0 unspecified atom stereocenters. The van der Waals surface area contributed by atoms with Gasteiger partial charge in [-0.15, -0.1) is 11.3 Å². The van der Waals surface area contributed by atoms with Crippen LogP contribution in [0.25, 0.3) is 11.1 Å². The number of anilines is 1. The molecule has 0 aliphatic heterocycles. The number of nitrogens with one attached hydrogen (secondary N) is 1. The molecule has 1 aromatic heterocycles. The predicted molar refractivity (Wildman–Crippen MR) is 125 cm³/mol. The molecular formula is C23H21ClN2O2S2. The molecule has 0 aliphatic carbocycles. The fraction of sp³-hybridized carbons (Fsp3) is 0.217. The minimum Gasteiger partial charge on any atom is -0.444 e. The molecule has 0 fully saturated rings. The second-order valence-corrected chi connectivity index (χ2v) is 10.4. The van der Waals surface area contributed by atoms with Gasteiger partial charge in [0.2, 0.25) is 0 Å². The summed E-state index contributed by atoms with van der Waals surface area (Å²) < 4.78 is 5.93. The lowest BCUT2D eigenvalue weighted by Crippen LogP contribution is -2.27. The number of nitriles is 1. The number of carbonyl (C=O) groups excluding carboxylic acids is 1. The molecule has 0 radical (unpaired) electrons. The highest BCUT2D eigenvalue weighted by Gasteiger charge is 2.16. The van der Waals surface area contributed by atoms with Crippen LogP contribution in [0.5, 0.6) is 0 Å². The van der Waals surface area contributed by atoms with Crippen molar-refractivity contribution in [1.29, 1.82) is 5.26 Å². The monoisotopic (exact) mass is 456 g/mol. The topological polar surface area (TPSA) is 62.1 Å². The summed E-state index contributed by atoms with van der Waals surface area (Å²) in [7, 11) is 0. The highest BCUT2D eigenvalue weighted by atomic mass is 35.5. The molecule has 1 amide bonds. The second-order valence-electron chi connectivity index (χ2n) is 7.65. The fourth-order valence-corrected chi connectivity index (χ4v) is 4.98. The van der Waals surface area contributed by atoms with Crippen LogP contribution in [0.4, 0.5) is 10.5 Å². The Bertz CT molecular complexity index is 1130. The highest BCUT2D eigenvalue weighted by molar-refractivity contribution is 7.99. The lowest BCUT2D eigenvalue weighted by atomic mass is 10.00. The number of hydrogen-bond donors (Lipinski definition) is 1. The van der Waals surface area contributed by atoms with E-state index in [-0.39, 0.29) is 0 Å². The van der Waals surface area contributed by atoms with Crippen molar-refractivity contribution in [3.8, 4) is 17.2 Å². The van der Waals surface area contributed by atoms with Gasteiger partial charge in [-0.3, -0.25) is 5.32 Å². The van der Waals surface area contributed by atoms with Crippen molar-refractivity contribution >= 4 is 46.5 Å². The van der Waals surface area contributed by atoms with Crippen LogP contribution in [0.1, 0.15) is 31.2 Å². The Morgan fingerprint density at radius 3 is 2.60 bits per heavy atom. The van der Waals surface area contributed by atoms with Crippen LogP contribution < -0.4 is 5.32 Å². The zero-order valence-electron chi connectivity index (χ0n) is 17.1. The van der Waals surface area contributed by atoms with Gasteiger partial charge in [-0.2, -0.15) is 5.26 Å². The van der Waals surface area contributed by atoms with Crippen LogP contribution in [0.2, 0.25) is 4.34 Å². The van der Waals surface area contributed by atoms with Crippen LogP contribution >= 0.6 is 34.7 Å². The van der Waals surface area contributed by atoms with Gasteiger partial charge in [-0.25, -0.2) is 4.79 Å². The van der Waals surface area contributed by atoms with Gasteiger partial charge in [0, 0.05) is 15.5 Å². The van der Waals surface area contributed by atoms with E-state index >= 15 is 0 Å². The Labute approximate surface area is 189 Å². The smallest absolute Gasteiger partial charge is 0.412 e. The number of benzene rings is 2. The highest BCUT2D eigenvalue weighted by Crippen LogP contribution is 2.40. The molecule has 4 nitrogen and oxygen atoms in total. The van der Waals surface area contributed by atoms with Crippen molar-refractivity contribution in [3.63, 3.8) is 0 Å². The first-order chi connectivity index (χ1) is 14.1. The summed E-state index contributed by atoms with van der Waals surface area (Å²) >= 11 is 9.08. The van der Waals surface area contributed by atoms with Crippen molar-refractivity contribution < 1.29 is 9.53 Å². The predicted octanol–water partition coefficient (Wildman–Crippen LogP) is 7.75. The van der Waals surface area contributed by atoms with Gasteiger partial charge in [0.25, 0.3) is 0 Å². The first-order valence-electron chi connectivity index (χ1n) is 9.23. The van der Waals surface area contributed by atoms with Crippen LogP contribution in [0.3, 0.4) is 0 Å². The SMILES string of the molecule is Cc1cc(NC(=O)OC(C)(C)C)ccc1-c1cccc(Sc2cc(C#N)sc2Cl)c1. The van der Waals surface area contributed by atoms with Crippen LogP contribution in [-0.2, 0) is 4.74 Å². The Balaban J connectivity index is 1.79. The van der Waals surface area contributed by atoms with E-state index in [1.807, 2.05) is 70.2 Å². The second kappa shape index (κ2) is 9.13. The van der Waals surface area contributed by atoms with Gasteiger partial charge in [0.05, 0.1) is 0 Å². The number of aryl methyl sites for hydroxylation is 1. The summed E-state index contributed by atoms with van der Waals surface area (Å²) in [6, 6.07) is 17.9. The summed E-state index contributed by atoms with van der Waals surface area (Å²) in [5.41, 5.74) is 3.31. The maximum atomic E-state index is 12.0. The fourth-order valence-electron chi connectivity index (χ4n) is 2.82. The van der Waals surface area contributed by atoms with E-state index in [1.54, 1.807) is 0 Å². The Hall–Kier alpha value is -2.46. The van der Waals surface area contributed by atoms with Crippen molar-refractivity contribution in [2.24, 2.45) is 0 Å². The van der Waals surface area contributed by atoms with Gasteiger partial charge in [-0.05, 0) is 74.7 Å². The molecule has 1 N–H and O–H groups in total. The van der Waals surface area contributed by atoms with E-state index in [1.165, 1.54) is 23.1 Å². The van der Waals surface area contributed by atoms with Crippen molar-refractivity contribution in [2.45, 2.75) is 43.1 Å². The standard InChI is InChI=1S/C23H21ClN2O2S2/c1-14-10-16(26-22(27)28-23(2,3)4)8-9-19(14)15-6-5-7-17(11-15)29-20-12-18(13-25)30-21(20)24/h5-12H,1-4H3,(H,26,27). The maximum absolute atomic E-state index is 12.0. The number of halogens is 1. The zero-order chi connectivity index (χ0) is 21.9. The molecule has 2 aromatic carbocycles. The van der Waals surface area contributed by atoms with Crippen molar-refractivity contribution in [2.75, 3.05) is 5.32 Å². The summed E-state index contributed by atoms with van der Waals surface area (Å²) in [5.74, 6) is 0. The van der Waals surface area contributed by atoms with Crippen LogP contribution in [0, 0.1) is 18.3 Å². The van der Waals surface area contributed by atoms with Crippen LogP contribution in [-0.4, -0.2) is 11.7 Å². The molecule has 0 spiro atoms. The van der Waals surface area contributed by atoms with E-state index in [9.17, 15) is 4.79 Å². The zero-order valence-corrected chi connectivity index (χ0v) is 19.5. The molecule has 1 heterocycles. The van der Waals surface area contributed by atoms with Gasteiger partial charge >= 0.3 is 6.09 Å². The number of hydrogen-bond acceptors (Lipinski definition) is 5. The third-order valence-corrected chi connectivity index (χ3v) is 6.55. The summed E-state index contributed by atoms with van der Waals surface area (Å²) in [5, 5.41) is 11.8. The lowest BCUT2D eigenvalue weighted by Gasteiger charge is -2.20. The number of nitrogens with zero attached hydrogens (tertiary/aromatic N) is 1. The van der Waals surface area contributed by atoms with E-state index < -0.39 is 11.7 Å². The van der Waals surface area contributed by atoms with E-state index in [0.29, 0.717) is 14.9 Å². The number of thiophene rings is 1. The van der Waals surface area contributed by atoms with E-state index in [2.05, 4.69) is 17.5 Å². The number of amides is 1. The number of carbonyl (C=O) groups is 1. The third-order valence-electron chi connectivity index (χ3n) is 4.01. The van der Waals surface area contributed by atoms with Crippen molar-refractivity contribution in [1.82, 2.24) is 0 Å². The molecule has 0 atom stereocenters. The van der Waals surface area contributed by atoms with E-state index in [0.717, 1.165) is 26.5 Å². The molecule has 30 heavy (non-hydrogen) atoms. The number of ether oxygens (including phenoxy) is 1. The first-order valence-corrected chi connectivity index (χ1v) is 11.2. The normalized spacial score (nSPS) is 11.1. The molecule has 3 aromatic rings. The molecule has 7 heteroatoms. The van der Waals surface area contributed by atoms with Crippen molar-refractivity contribution in [3.05, 3.63) is 63.3 Å². The van der Waals surface area contributed by atoms with Crippen LogP contribution in [0.15, 0.2) is 58.3 Å². The Kier molecular flexibility index (Phi) is 6.77. The van der Waals surface area contributed by atoms with Gasteiger partial charge < -0.3 is 4.74 Å². The Morgan fingerprint density at radius 1 is 1.20 bits per heavy atom. The molecule has 0 bridgehead atoms. The molecular weight excluding hydrogens is 436 g/mol. The van der Waals surface area contributed by atoms with E-state index in [4.69, 9.17) is 21.6 Å². The van der Waals surface area contributed by atoms with Gasteiger partial charge in [0.1, 0.15) is 20.9 Å². The largest absolute Gasteiger partial charge is 0.444 e. The van der Waals surface area contributed by atoms with Gasteiger partial charge in [-0.1, -0.05) is 41.6 Å². The quantitative estimate of drug-likeness (QED) is 0.436. The lowest BCUT2D eigenvalue weighted by molar-refractivity contribution is 0.0636. The van der Waals surface area contributed by atoms with Gasteiger partial charge in [0.15, 0.2) is 0 Å². The third kappa shape index (κ3) is 5.79. The maximum Gasteiger partial charge on any atom is 0.412 e. The molecule has 154 valence electrons. The first kappa shape index (κ1) is 22.2. The summed E-state index contributed by atoms with van der Waals surface area (Å²) in [6.45, 7) is 7.49. The molecule has 0 saturated heterocycles. The average Bonchev–Trinajstić information content (AvgIpc) is 3.00. The minimum atomic E-state index is -0.545. The molecule has 3 rings (SSSR count). The summed E-state index contributed by atoms with van der Waals surface area (Å²) in [4.78, 5) is 14.5. The summed E-state index contributed by atoms with van der Waals surface area (Å²) in [6.07, 6.45) is -0.475. The molecule has 0 saturated carbocycles. The average molecular weight is 457 g/mol. The number of rotatable bonds is 4. The molecule has 0 aliphatic rings. The minimum absolute atomic E-state index is 0.475. The Morgan fingerprint density at radius 2 is 1.97 bits per heavy atom.